The molecule has 3 rings (SSSR count). The molecule has 0 aromatic heterocycles. The van der Waals surface area contributed by atoms with E-state index in [1.165, 1.54) is 11.1 Å². The highest BCUT2D eigenvalue weighted by Crippen LogP contribution is 2.32. The van der Waals surface area contributed by atoms with Crippen LogP contribution in [0.15, 0.2) is 42.5 Å². The summed E-state index contributed by atoms with van der Waals surface area (Å²) in [7, 11) is 1.86. The van der Waals surface area contributed by atoms with E-state index < -0.39 is 0 Å². The van der Waals surface area contributed by atoms with E-state index in [1.807, 2.05) is 37.4 Å². The van der Waals surface area contributed by atoms with Crippen molar-refractivity contribution in [2.75, 3.05) is 26.9 Å². The third-order valence-corrected chi connectivity index (χ3v) is 4.74. The third kappa shape index (κ3) is 4.35. The number of aryl methyl sites for hydroxylation is 1. The molecule has 2 aromatic rings. The van der Waals surface area contributed by atoms with Crippen LogP contribution in [0.5, 0.6) is 11.5 Å². The zero-order valence-corrected chi connectivity index (χ0v) is 15.7. The fourth-order valence-electron chi connectivity index (χ4n) is 3.02. The minimum absolute atomic E-state index is 0.121. The Hall–Kier alpha value is -2.53. The molecule has 1 aliphatic rings. The third-order valence-electron chi connectivity index (χ3n) is 4.74. The van der Waals surface area contributed by atoms with Crippen LogP contribution in [-0.4, -0.2) is 42.6 Å². The maximum absolute atomic E-state index is 12.6. The molecule has 0 unspecified atom stereocenters. The summed E-state index contributed by atoms with van der Waals surface area (Å²) in [6.07, 6.45) is 0. The van der Waals surface area contributed by atoms with Crippen LogP contribution in [0.2, 0.25) is 0 Å². The topological polar surface area (TPSA) is 42.0 Å². The minimum atomic E-state index is 0.121. The summed E-state index contributed by atoms with van der Waals surface area (Å²) in [5.74, 6) is 1.68. The molecule has 1 heterocycles. The van der Waals surface area contributed by atoms with Crippen LogP contribution in [-0.2, 0) is 17.9 Å². The number of fused-ring (bicyclic) bond motifs is 1. The molecule has 1 aliphatic heterocycles. The van der Waals surface area contributed by atoms with E-state index in [9.17, 15) is 4.79 Å². The number of benzene rings is 2. The van der Waals surface area contributed by atoms with Gasteiger partial charge in [-0.2, -0.15) is 0 Å². The van der Waals surface area contributed by atoms with Crippen molar-refractivity contribution in [3.05, 3.63) is 59.2 Å². The van der Waals surface area contributed by atoms with Crippen molar-refractivity contribution in [2.45, 2.75) is 26.9 Å². The van der Waals surface area contributed by atoms with E-state index in [0.29, 0.717) is 19.6 Å². The van der Waals surface area contributed by atoms with Gasteiger partial charge in [0.25, 0.3) is 0 Å². The van der Waals surface area contributed by atoms with Gasteiger partial charge in [-0.15, -0.1) is 0 Å². The molecule has 5 heteroatoms. The van der Waals surface area contributed by atoms with Gasteiger partial charge >= 0.3 is 0 Å². The summed E-state index contributed by atoms with van der Waals surface area (Å²) in [6, 6.07) is 14.1. The molecule has 0 saturated carbocycles. The lowest BCUT2D eigenvalue weighted by molar-refractivity contribution is -0.131. The summed E-state index contributed by atoms with van der Waals surface area (Å²) in [5.41, 5.74) is 3.51. The molecule has 138 valence electrons. The Morgan fingerprint density at radius 3 is 2.62 bits per heavy atom. The number of rotatable bonds is 7. The van der Waals surface area contributed by atoms with Crippen LogP contribution in [0.25, 0.3) is 0 Å². The molecule has 0 fully saturated rings. The second kappa shape index (κ2) is 8.23. The molecule has 0 spiro atoms. The standard InChI is InChI=1S/C21H26N2O3/c1-4-23(12-17-9-10-19-20(11-17)26-15-25-19)14-21(24)22(3)13-18-8-6-5-7-16(18)2/h5-11H,4,12-15H2,1-3H3. The highest BCUT2D eigenvalue weighted by molar-refractivity contribution is 5.78. The molecule has 0 N–H and O–H groups in total. The predicted octanol–water partition coefficient (Wildman–Crippen LogP) is 3.20. The van der Waals surface area contributed by atoms with Gasteiger partial charge in [0.05, 0.1) is 6.54 Å². The highest BCUT2D eigenvalue weighted by Gasteiger charge is 2.17. The Balaban J connectivity index is 1.58. The quantitative estimate of drug-likeness (QED) is 0.766. The molecule has 0 saturated heterocycles. The van der Waals surface area contributed by atoms with Crippen LogP contribution >= 0.6 is 0 Å². The van der Waals surface area contributed by atoms with Gasteiger partial charge in [-0.3, -0.25) is 9.69 Å². The van der Waals surface area contributed by atoms with E-state index in [2.05, 4.69) is 30.9 Å². The maximum atomic E-state index is 12.6. The molecule has 0 radical (unpaired) electrons. The van der Waals surface area contributed by atoms with Crippen molar-refractivity contribution in [3.63, 3.8) is 0 Å². The van der Waals surface area contributed by atoms with Gasteiger partial charge < -0.3 is 14.4 Å². The molecule has 26 heavy (non-hydrogen) atoms. The largest absolute Gasteiger partial charge is 0.454 e. The molecule has 0 bridgehead atoms. The zero-order chi connectivity index (χ0) is 18.5. The van der Waals surface area contributed by atoms with Gasteiger partial charge in [0, 0.05) is 20.1 Å². The lowest BCUT2D eigenvalue weighted by Crippen LogP contribution is -2.37. The summed E-state index contributed by atoms with van der Waals surface area (Å²) < 4.78 is 10.8. The Bertz CT molecular complexity index is 776. The summed E-state index contributed by atoms with van der Waals surface area (Å²) >= 11 is 0. The van der Waals surface area contributed by atoms with Crippen molar-refractivity contribution in [1.82, 2.24) is 9.80 Å². The normalized spacial score (nSPS) is 12.5. The first-order valence-electron chi connectivity index (χ1n) is 8.96. The first-order valence-corrected chi connectivity index (χ1v) is 8.96. The first kappa shape index (κ1) is 18.3. The van der Waals surface area contributed by atoms with Crippen molar-refractivity contribution < 1.29 is 14.3 Å². The van der Waals surface area contributed by atoms with Crippen LogP contribution in [0, 0.1) is 6.92 Å². The first-order chi connectivity index (χ1) is 12.6. The highest BCUT2D eigenvalue weighted by atomic mass is 16.7. The van der Waals surface area contributed by atoms with E-state index in [1.54, 1.807) is 4.90 Å². The van der Waals surface area contributed by atoms with Crippen LogP contribution in [0.4, 0.5) is 0 Å². The Labute approximate surface area is 155 Å². The fraction of sp³-hybridized carbons (Fsp3) is 0.381. The Morgan fingerprint density at radius 1 is 1.08 bits per heavy atom. The summed E-state index contributed by atoms with van der Waals surface area (Å²) in [4.78, 5) is 16.6. The maximum Gasteiger partial charge on any atom is 0.236 e. The van der Waals surface area contributed by atoms with Crippen LogP contribution in [0.3, 0.4) is 0 Å². The number of ether oxygens (including phenoxy) is 2. The lowest BCUT2D eigenvalue weighted by atomic mass is 10.1. The number of carbonyl (C=O) groups excluding carboxylic acids is 1. The van der Waals surface area contributed by atoms with Crippen molar-refractivity contribution in [1.29, 1.82) is 0 Å². The van der Waals surface area contributed by atoms with Gasteiger partial charge in [0.2, 0.25) is 12.7 Å². The second-order valence-electron chi connectivity index (χ2n) is 6.67. The second-order valence-corrected chi connectivity index (χ2v) is 6.67. The van der Waals surface area contributed by atoms with Crippen LogP contribution in [0.1, 0.15) is 23.6 Å². The Morgan fingerprint density at radius 2 is 1.85 bits per heavy atom. The number of nitrogens with zero attached hydrogens (tertiary/aromatic N) is 2. The smallest absolute Gasteiger partial charge is 0.236 e. The molecule has 1 amide bonds. The van der Waals surface area contributed by atoms with Crippen LogP contribution < -0.4 is 9.47 Å². The minimum Gasteiger partial charge on any atom is -0.454 e. The zero-order valence-electron chi connectivity index (χ0n) is 15.7. The van der Waals surface area contributed by atoms with Gasteiger partial charge in [0.15, 0.2) is 11.5 Å². The fourth-order valence-corrected chi connectivity index (χ4v) is 3.02. The van der Waals surface area contributed by atoms with E-state index >= 15 is 0 Å². The predicted molar refractivity (Wildman–Crippen MR) is 101 cm³/mol. The van der Waals surface area contributed by atoms with E-state index in [4.69, 9.17) is 9.47 Å². The van der Waals surface area contributed by atoms with Crippen molar-refractivity contribution >= 4 is 5.91 Å². The van der Waals surface area contributed by atoms with E-state index in [-0.39, 0.29) is 12.7 Å². The summed E-state index contributed by atoms with van der Waals surface area (Å²) in [6.45, 7) is 6.96. The summed E-state index contributed by atoms with van der Waals surface area (Å²) in [5, 5.41) is 0. The number of hydrogen-bond donors (Lipinski definition) is 0. The monoisotopic (exact) mass is 354 g/mol. The molecular formula is C21H26N2O3. The number of carbonyl (C=O) groups is 1. The SMILES string of the molecule is CCN(CC(=O)N(C)Cc1ccccc1C)Cc1ccc2c(c1)OCO2. The molecular weight excluding hydrogens is 328 g/mol. The van der Waals surface area contributed by atoms with Gasteiger partial charge in [0.1, 0.15) is 0 Å². The van der Waals surface area contributed by atoms with Gasteiger partial charge in [-0.05, 0) is 42.3 Å². The van der Waals surface area contributed by atoms with Gasteiger partial charge in [-0.25, -0.2) is 0 Å². The molecule has 2 aromatic carbocycles. The lowest BCUT2D eigenvalue weighted by Gasteiger charge is -2.24. The average molecular weight is 354 g/mol. The average Bonchev–Trinajstić information content (AvgIpc) is 3.10. The molecule has 0 atom stereocenters. The van der Waals surface area contributed by atoms with Crippen molar-refractivity contribution in [2.24, 2.45) is 0 Å². The van der Waals surface area contributed by atoms with Gasteiger partial charge in [-0.1, -0.05) is 37.3 Å². The number of hydrogen-bond acceptors (Lipinski definition) is 4. The number of amides is 1. The van der Waals surface area contributed by atoms with E-state index in [0.717, 1.165) is 23.6 Å². The van der Waals surface area contributed by atoms with Crippen molar-refractivity contribution in [3.8, 4) is 11.5 Å². The Kier molecular flexibility index (Phi) is 5.78. The molecule has 5 nitrogen and oxygen atoms in total. The number of likely N-dealkylation sites (N-methyl/N-ethyl adjacent to an activating group) is 2. The molecule has 0 aliphatic carbocycles.